The number of carbonyl (C=O) groups is 1. The summed E-state index contributed by atoms with van der Waals surface area (Å²) in [5, 5.41) is 6.70. The quantitative estimate of drug-likeness (QED) is 0.265. The van der Waals surface area contributed by atoms with E-state index in [9.17, 15) is 9.18 Å². The zero-order chi connectivity index (χ0) is 31.8. The van der Waals surface area contributed by atoms with Gasteiger partial charge in [0.25, 0.3) is 0 Å². The van der Waals surface area contributed by atoms with Gasteiger partial charge in [-0.3, -0.25) is 14.7 Å². The Kier molecular flexibility index (Phi) is 6.95. The van der Waals surface area contributed by atoms with Gasteiger partial charge < -0.3 is 20.1 Å². The van der Waals surface area contributed by atoms with E-state index < -0.39 is 11.2 Å². The van der Waals surface area contributed by atoms with Gasteiger partial charge in [0.15, 0.2) is 11.6 Å². The van der Waals surface area contributed by atoms with Crippen LogP contribution in [-0.4, -0.2) is 68.6 Å². The Morgan fingerprint density at radius 1 is 1.07 bits per heavy atom. The maximum absolute atomic E-state index is 14.7. The molecule has 46 heavy (non-hydrogen) atoms. The molecule has 0 atom stereocenters. The fourth-order valence-electron chi connectivity index (χ4n) is 8.27. The molecule has 2 N–H and O–H groups in total. The van der Waals surface area contributed by atoms with E-state index in [0.717, 1.165) is 85.4 Å². The maximum Gasteiger partial charge on any atom is 0.238 e. The highest BCUT2D eigenvalue weighted by molar-refractivity contribution is 6.09. The summed E-state index contributed by atoms with van der Waals surface area (Å²) in [5.41, 5.74) is 5.60. The van der Waals surface area contributed by atoms with Gasteiger partial charge in [-0.1, -0.05) is 26.0 Å². The van der Waals surface area contributed by atoms with Crippen molar-refractivity contribution in [1.29, 1.82) is 0 Å². The highest BCUT2D eigenvalue weighted by Crippen LogP contribution is 2.52. The van der Waals surface area contributed by atoms with E-state index >= 15 is 0 Å². The maximum atomic E-state index is 14.7. The summed E-state index contributed by atoms with van der Waals surface area (Å²) in [6.07, 6.45) is 9.46. The van der Waals surface area contributed by atoms with E-state index in [0.29, 0.717) is 23.0 Å². The van der Waals surface area contributed by atoms with Gasteiger partial charge in [0.2, 0.25) is 5.91 Å². The third-order valence-corrected chi connectivity index (χ3v) is 11.0. The second kappa shape index (κ2) is 10.8. The van der Waals surface area contributed by atoms with Crippen molar-refractivity contribution < 1.29 is 9.18 Å². The average Bonchev–Trinajstić information content (AvgIpc) is 3.68. The summed E-state index contributed by atoms with van der Waals surface area (Å²) >= 11 is 0. The van der Waals surface area contributed by atoms with Crippen molar-refractivity contribution in [1.82, 2.24) is 29.7 Å². The SMILES string of the molecule is CC(C)n1cnc2cc(-c3ccc4c(c3)N(C3CC(N5CCC(C)(C)C5)C3)C(=O)C43CCNCC3)nc(Nc3ccncc3F)c21. The van der Waals surface area contributed by atoms with Gasteiger partial charge >= 0.3 is 0 Å². The monoisotopic (exact) mass is 622 g/mol. The van der Waals surface area contributed by atoms with Crippen molar-refractivity contribution in [2.45, 2.75) is 83.3 Å². The lowest BCUT2D eigenvalue weighted by molar-refractivity contribution is -0.125. The zero-order valence-electron chi connectivity index (χ0n) is 27.2. The van der Waals surface area contributed by atoms with Crippen LogP contribution in [0.25, 0.3) is 22.3 Å². The summed E-state index contributed by atoms with van der Waals surface area (Å²) < 4.78 is 16.8. The molecule has 3 fully saturated rings. The fourth-order valence-corrected chi connectivity index (χ4v) is 8.27. The van der Waals surface area contributed by atoms with E-state index in [1.807, 2.05) is 17.0 Å². The molecular weight excluding hydrogens is 579 g/mol. The van der Waals surface area contributed by atoms with Crippen molar-refractivity contribution in [3.8, 4) is 11.3 Å². The number of nitrogens with zero attached hydrogens (tertiary/aromatic N) is 6. The number of rotatable bonds is 6. The van der Waals surface area contributed by atoms with Crippen LogP contribution in [0.3, 0.4) is 0 Å². The van der Waals surface area contributed by atoms with Crippen molar-refractivity contribution in [2.24, 2.45) is 5.41 Å². The van der Waals surface area contributed by atoms with Gasteiger partial charge in [0, 0.05) is 42.1 Å². The molecular formula is C36H43FN8O. The van der Waals surface area contributed by atoms with Crippen molar-refractivity contribution in [3.05, 3.63) is 60.4 Å². The molecule has 1 spiro atoms. The summed E-state index contributed by atoms with van der Waals surface area (Å²) in [6, 6.07) is 10.9. The normalized spacial score (nSPS) is 23.8. The first-order valence-electron chi connectivity index (χ1n) is 16.8. The van der Waals surface area contributed by atoms with Gasteiger partial charge in [-0.05, 0) is 94.8 Å². The molecule has 3 aliphatic heterocycles. The number of likely N-dealkylation sites (tertiary alicyclic amines) is 1. The van der Waals surface area contributed by atoms with E-state index in [1.165, 1.54) is 12.6 Å². The number of piperidine rings is 1. The van der Waals surface area contributed by atoms with Crippen LogP contribution < -0.4 is 15.5 Å². The number of amides is 1. The van der Waals surface area contributed by atoms with Gasteiger partial charge in [0.05, 0.1) is 34.8 Å². The second-order valence-corrected chi connectivity index (χ2v) is 14.9. The number of imidazole rings is 1. The van der Waals surface area contributed by atoms with Crippen LogP contribution in [0.4, 0.5) is 21.6 Å². The predicted molar refractivity (Wildman–Crippen MR) is 179 cm³/mol. The van der Waals surface area contributed by atoms with Crippen molar-refractivity contribution in [3.63, 3.8) is 0 Å². The molecule has 8 rings (SSSR count). The molecule has 3 aromatic heterocycles. The molecule has 0 unspecified atom stereocenters. The number of benzene rings is 1. The third-order valence-electron chi connectivity index (χ3n) is 11.0. The largest absolute Gasteiger partial charge is 0.336 e. The van der Waals surface area contributed by atoms with Gasteiger partial charge in [-0.15, -0.1) is 0 Å². The third kappa shape index (κ3) is 4.71. The Hall–Kier alpha value is -3.89. The fraction of sp³-hybridized carbons (Fsp3) is 0.500. The van der Waals surface area contributed by atoms with E-state index in [1.54, 1.807) is 12.3 Å². The Labute approximate surface area is 269 Å². The number of pyridine rings is 2. The van der Waals surface area contributed by atoms with E-state index in [2.05, 4.69) is 71.3 Å². The molecule has 1 saturated carbocycles. The number of hydrogen-bond acceptors (Lipinski definition) is 7. The zero-order valence-corrected chi connectivity index (χ0v) is 27.2. The molecule has 4 aromatic rings. The lowest BCUT2D eigenvalue weighted by Gasteiger charge is -2.46. The van der Waals surface area contributed by atoms with Gasteiger partial charge in [-0.25, -0.2) is 14.4 Å². The first-order chi connectivity index (χ1) is 22.1. The molecule has 4 aliphatic rings. The Bertz CT molecular complexity index is 1820. The number of anilines is 3. The molecule has 0 bridgehead atoms. The number of carbonyl (C=O) groups excluding carboxylic acids is 1. The number of hydrogen-bond donors (Lipinski definition) is 2. The smallest absolute Gasteiger partial charge is 0.238 e. The molecule has 240 valence electrons. The van der Waals surface area contributed by atoms with Gasteiger partial charge in [0.1, 0.15) is 5.52 Å². The van der Waals surface area contributed by atoms with Crippen LogP contribution >= 0.6 is 0 Å². The average molecular weight is 623 g/mol. The van der Waals surface area contributed by atoms with Crippen LogP contribution in [0.1, 0.15) is 71.4 Å². The van der Waals surface area contributed by atoms with Crippen molar-refractivity contribution in [2.75, 3.05) is 36.4 Å². The molecule has 6 heterocycles. The standard InChI is InChI=1S/C36H43FN8O/c1-22(2)44-21-40-30-18-29(42-33(32(30)44)41-28-7-11-39-19-27(28)37)23-5-6-26-31(15-23)45(34(46)36(26)8-12-38-13-9-36)25-16-24(17-25)43-14-10-35(3,4)20-43/h5-7,11,15,18-19,21-22,24-25,38H,8-10,12-14,16-17,20H2,1-4H3,(H,39,41,42). The van der Waals surface area contributed by atoms with Crippen molar-refractivity contribution >= 4 is 34.1 Å². The molecule has 2 saturated heterocycles. The summed E-state index contributed by atoms with van der Waals surface area (Å²) in [5.74, 6) is 0.345. The van der Waals surface area contributed by atoms with Crippen LogP contribution in [-0.2, 0) is 10.2 Å². The number of aromatic nitrogens is 4. The topological polar surface area (TPSA) is 91.2 Å². The van der Waals surface area contributed by atoms with Crippen LogP contribution in [0.5, 0.6) is 0 Å². The summed E-state index contributed by atoms with van der Waals surface area (Å²) in [7, 11) is 0. The lowest BCUT2D eigenvalue weighted by atomic mass is 9.74. The second-order valence-electron chi connectivity index (χ2n) is 14.9. The first-order valence-corrected chi connectivity index (χ1v) is 16.8. The Morgan fingerprint density at radius 2 is 1.87 bits per heavy atom. The first kappa shape index (κ1) is 29.5. The van der Waals surface area contributed by atoms with Crippen LogP contribution in [0, 0.1) is 11.2 Å². The van der Waals surface area contributed by atoms with E-state index in [-0.39, 0.29) is 18.0 Å². The lowest BCUT2D eigenvalue weighted by Crippen LogP contribution is -2.57. The molecule has 0 radical (unpaired) electrons. The van der Waals surface area contributed by atoms with Crippen LogP contribution in [0.15, 0.2) is 49.1 Å². The molecule has 1 aromatic carbocycles. The number of nitrogens with one attached hydrogen (secondary N) is 2. The Morgan fingerprint density at radius 3 is 2.59 bits per heavy atom. The molecule has 9 nitrogen and oxygen atoms in total. The number of fused-ring (bicyclic) bond motifs is 3. The Balaban J connectivity index is 1.19. The number of halogens is 1. The minimum atomic E-state index is -0.473. The minimum Gasteiger partial charge on any atom is -0.336 e. The predicted octanol–water partition coefficient (Wildman–Crippen LogP) is 6.19. The summed E-state index contributed by atoms with van der Waals surface area (Å²) in [6.45, 7) is 12.9. The van der Waals surface area contributed by atoms with Crippen LogP contribution in [0.2, 0.25) is 0 Å². The van der Waals surface area contributed by atoms with Gasteiger partial charge in [-0.2, -0.15) is 0 Å². The minimum absolute atomic E-state index is 0.138. The molecule has 10 heteroatoms. The molecule has 1 aliphatic carbocycles. The highest BCUT2D eigenvalue weighted by atomic mass is 19.1. The summed E-state index contributed by atoms with van der Waals surface area (Å²) in [4.78, 5) is 33.0. The molecule has 1 amide bonds. The van der Waals surface area contributed by atoms with E-state index in [4.69, 9.17) is 9.97 Å². The highest BCUT2D eigenvalue weighted by Gasteiger charge is 2.55.